The Balaban J connectivity index is 3.12. The lowest BCUT2D eigenvalue weighted by Gasteiger charge is -1.95. The smallest absolute Gasteiger partial charge is 0.00939 e. The predicted molar refractivity (Wildman–Crippen MR) is 50.8 cm³/mol. The summed E-state index contributed by atoms with van der Waals surface area (Å²) in [6.45, 7) is 8.06. The van der Waals surface area contributed by atoms with Crippen molar-refractivity contribution >= 4 is 0 Å². The Morgan fingerprint density at radius 3 is 2.36 bits per heavy atom. The second-order valence-corrected chi connectivity index (χ2v) is 3.02. The Labute approximate surface area is 71.4 Å². The molecule has 0 saturated heterocycles. The topological polar surface area (TPSA) is 0 Å². The van der Waals surface area contributed by atoms with Crippen molar-refractivity contribution in [1.82, 2.24) is 0 Å². The van der Waals surface area contributed by atoms with Crippen molar-refractivity contribution in [2.45, 2.75) is 46.0 Å². The highest BCUT2D eigenvalue weighted by Crippen LogP contribution is 2.04. The summed E-state index contributed by atoms with van der Waals surface area (Å²) in [6.07, 6.45) is 5.35. The summed E-state index contributed by atoms with van der Waals surface area (Å²) in [4.78, 5) is 0. The molecule has 0 aliphatic rings. The molecule has 62 valence electrons. The van der Waals surface area contributed by atoms with Gasteiger partial charge < -0.3 is 0 Å². The SMILES string of the molecule is [CH2]CCCC#CCC[C](C)C. The van der Waals surface area contributed by atoms with Crippen LogP contribution in [0, 0.1) is 24.7 Å². The van der Waals surface area contributed by atoms with E-state index in [9.17, 15) is 0 Å². The van der Waals surface area contributed by atoms with Crippen LogP contribution < -0.4 is 0 Å². The molecule has 0 bridgehead atoms. The van der Waals surface area contributed by atoms with Crippen LogP contribution in [0.1, 0.15) is 46.0 Å². The van der Waals surface area contributed by atoms with Gasteiger partial charge in [-0.25, -0.2) is 0 Å². The van der Waals surface area contributed by atoms with E-state index in [1.165, 1.54) is 5.92 Å². The predicted octanol–water partition coefficient (Wildman–Crippen LogP) is 3.39. The van der Waals surface area contributed by atoms with E-state index in [2.05, 4.69) is 32.6 Å². The Morgan fingerprint density at radius 1 is 1.18 bits per heavy atom. The lowest BCUT2D eigenvalue weighted by molar-refractivity contribution is 0.858. The Bertz CT molecular complexity index is 123. The van der Waals surface area contributed by atoms with E-state index in [-0.39, 0.29) is 0 Å². The van der Waals surface area contributed by atoms with Gasteiger partial charge in [0, 0.05) is 12.8 Å². The van der Waals surface area contributed by atoms with Crippen LogP contribution in [0.2, 0.25) is 0 Å². The second kappa shape index (κ2) is 7.66. The van der Waals surface area contributed by atoms with Crippen molar-refractivity contribution in [3.63, 3.8) is 0 Å². The van der Waals surface area contributed by atoms with Crippen molar-refractivity contribution in [1.29, 1.82) is 0 Å². The molecule has 0 nitrogen and oxygen atoms in total. The maximum Gasteiger partial charge on any atom is 0.00939 e. The average molecular weight is 150 g/mol. The van der Waals surface area contributed by atoms with E-state index in [1.54, 1.807) is 0 Å². The van der Waals surface area contributed by atoms with E-state index in [4.69, 9.17) is 0 Å². The molecule has 0 aliphatic carbocycles. The van der Waals surface area contributed by atoms with Crippen LogP contribution in [0.4, 0.5) is 0 Å². The van der Waals surface area contributed by atoms with Crippen LogP contribution in [0.5, 0.6) is 0 Å². The zero-order valence-corrected chi connectivity index (χ0v) is 7.74. The normalized spacial score (nSPS) is 9.45. The van der Waals surface area contributed by atoms with Gasteiger partial charge in [-0.15, -0.1) is 11.8 Å². The first-order valence-electron chi connectivity index (χ1n) is 4.31. The van der Waals surface area contributed by atoms with Crippen molar-refractivity contribution < 1.29 is 0 Å². The molecule has 0 amide bonds. The second-order valence-electron chi connectivity index (χ2n) is 3.02. The van der Waals surface area contributed by atoms with Crippen LogP contribution >= 0.6 is 0 Å². The average Bonchev–Trinajstić information content (AvgIpc) is 1.96. The van der Waals surface area contributed by atoms with Crippen molar-refractivity contribution in [2.24, 2.45) is 0 Å². The molecule has 11 heavy (non-hydrogen) atoms. The molecule has 0 aromatic carbocycles. The highest BCUT2D eigenvalue weighted by atomic mass is 13.9. The van der Waals surface area contributed by atoms with Crippen LogP contribution in [0.3, 0.4) is 0 Å². The number of hydrogen-bond acceptors (Lipinski definition) is 0. The van der Waals surface area contributed by atoms with Crippen molar-refractivity contribution in [3.8, 4) is 11.8 Å². The maximum atomic E-state index is 3.76. The minimum absolute atomic E-state index is 1.01. The molecular weight excluding hydrogens is 132 g/mol. The molecule has 0 aromatic rings. The van der Waals surface area contributed by atoms with Crippen LogP contribution in [0.25, 0.3) is 0 Å². The fourth-order valence-corrected chi connectivity index (χ4v) is 0.703. The Kier molecular flexibility index (Phi) is 7.36. The molecular formula is C11H18. The molecule has 0 N–H and O–H groups in total. The number of unbranched alkanes of at least 4 members (excludes halogenated alkanes) is 2. The first-order chi connectivity index (χ1) is 5.27. The standard InChI is InChI=1S/C11H18/c1-4-5-6-7-8-9-10-11(2)3/h1,4-6,9-10H2,2-3H3. The molecule has 2 radical (unpaired) electrons. The van der Waals surface area contributed by atoms with Gasteiger partial charge in [-0.2, -0.15) is 0 Å². The van der Waals surface area contributed by atoms with Gasteiger partial charge >= 0.3 is 0 Å². The molecule has 0 rings (SSSR count). The van der Waals surface area contributed by atoms with Gasteiger partial charge in [0.05, 0.1) is 0 Å². The fraction of sp³-hybridized carbons (Fsp3) is 0.636. The third-order valence-electron chi connectivity index (χ3n) is 1.43. The monoisotopic (exact) mass is 150 g/mol. The van der Waals surface area contributed by atoms with Gasteiger partial charge in [0.25, 0.3) is 0 Å². The molecule has 0 unspecified atom stereocenters. The molecule has 0 aromatic heterocycles. The minimum Gasteiger partial charge on any atom is -0.103 e. The lowest BCUT2D eigenvalue weighted by Crippen LogP contribution is -1.81. The van der Waals surface area contributed by atoms with Gasteiger partial charge in [-0.1, -0.05) is 27.2 Å². The van der Waals surface area contributed by atoms with Crippen molar-refractivity contribution in [2.75, 3.05) is 0 Å². The van der Waals surface area contributed by atoms with E-state index in [0.717, 1.165) is 32.1 Å². The van der Waals surface area contributed by atoms with E-state index in [0.29, 0.717) is 0 Å². The van der Waals surface area contributed by atoms with Crippen LogP contribution in [-0.2, 0) is 0 Å². The Morgan fingerprint density at radius 2 is 1.82 bits per heavy atom. The van der Waals surface area contributed by atoms with Gasteiger partial charge in [0.2, 0.25) is 0 Å². The summed E-state index contributed by atoms with van der Waals surface area (Å²) in [5, 5.41) is 0. The van der Waals surface area contributed by atoms with Gasteiger partial charge in [0.1, 0.15) is 0 Å². The summed E-state index contributed by atoms with van der Waals surface area (Å²) in [7, 11) is 0. The van der Waals surface area contributed by atoms with E-state index >= 15 is 0 Å². The zero-order chi connectivity index (χ0) is 8.53. The molecule has 0 heterocycles. The third kappa shape index (κ3) is 9.56. The lowest BCUT2D eigenvalue weighted by atomic mass is 10.1. The summed E-state index contributed by atoms with van der Waals surface area (Å²) in [5.41, 5.74) is 0. The summed E-state index contributed by atoms with van der Waals surface area (Å²) >= 11 is 0. The van der Waals surface area contributed by atoms with Gasteiger partial charge in [-0.05, 0) is 18.8 Å². The third-order valence-corrected chi connectivity index (χ3v) is 1.43. The van der Waals surface area contributed by atoms with Crippen LogP contribution in [0.15, 0.2) is 0 Å². The Hall–Kier alpha value is -0.440. The molecule has 0 heteroatoms. The van der Waals surface area contributed by atoms with Gasteiger partial charge in [0.15, 0.2) is 0 Å². The number of rotatable bonds is 4. The maximum absolute atomic E-state index is 3.76. The van der Waals surface area contributed by atoms with E-state index < -0.39 is 0 Å². The zero-order valence-electron chi connectivity index (χ0n) is 7.74. The molecule has 0 spiro atoms. The first-order valence-corrected chi connectivity index (χ1v) is 4.31. The molecule has 0 fully saturated rings. The van der Waals surface area contributed by atoms with E-state index in [1.807, 2.05) is 0 Å². The highest BCUT2D eigenvalue weighted by Gasteiger charge is 1.89. The quantitative estimate of drug-likeness (QED) is 0.425. The molecule has 0 atom stereocenters. The minimum atomic E-state index is 1.01. The molecule has 0 saturated carbocycles. The van der Waals surface area contributed by atoms with Gasteiger partial charge in [-0.3, -0.25) is 0 Å². The largest absolute Gasteiger partial charge is 0.103 e. The van der Waals surface area contributed by atoms with Crippen LogP contribution in [-0.4, -0.2) is 0 Å². The fourth-order valence-electron chi connectivity index (χ4n) is 0.703. The first kappa shape index (κ1) is 10.6. The van der Waals surface area contributed by atoms with Crippen molar-refractivity contribution in [3.05, 3.63) is 12.8 Å². The summed E-state index contributed by atoms with van der Waals surface area (Å²) in [5.74, 6) is 7.76. The summed E-state index contributed by atoms with van der Waals surface area (Å²) < 4.78 is 0. The number of hydrogen-bond donors (Lipinski definition) is 0. The highest BCUT2D eigenvalue weighted by molar-refractivity contribution is 5.00. The molecule has 0 aliphatic heterocycles. The summed E-state index contributed by atoms with van der Waals surface area (Å²) in [6, 6.07) is 0.